The number of hydrogen-bond acceptors (Lipinski definition) is 4. The number of aromatic nitrogens is 2. The van der Waals surface area contributed by atoms with E-state index in [2.05, 4.69) is 22.2 Å². The number of nitrogens with one attached hydrogen (secondary N) is 2. The Morgan fingerprint density at radius 3 is 3.06 bits per heavy atom. The maximum atomic E-state index is 5.18. The van der Waals surface area contributed by atoms with Crippen LogP contribution in [0.5, 0.6) is 5.75 Å². The monoisotopic (exact) mass is 251 g/mol. The van der Waals surface area contributed by atoms with Crippen LogP contribution in [-0.4, -0.2) is 35.9 Å². The third-order valence-electron chi connectivity index (χ3n) is 2.63. The maximum Gasteiger partial charge on any atom is 0.166 e. The number of imidazole rings is 1. The first-order valence-corrected chi connectivity index (χ1v) is 6.55. The van der Waals surface area contributed by atoms with E-state index in [-0.39, 0.29) is 0 Å². The number of methoxy groups -OCH3 is 1. The summed E-state index contributed by atoms with van der Waals surface area (Å²) in [5.41, 5.74) is 1.99. The van der Waals surface area contributed by atoms with Crippen LogP contribution in [0, 0.1) is 0 Å². The summed E-state index contributed by atoms with van der Waals surface area (Å²) in [6.07, 6.45) is 0. The van der Waals surface area contributed by atoms with E-state index >= 15 is 0 Å². The molecule has 4 nitrogen and oxygen atoms in total. The van der Waals surface area contributed by atoms with E-state index in [0.717, 1.165) is 27.7 Å². The topological polar surface area (TPSA) is 49.9 Å². The Balaban J connectivity index is 2.14. The van der Waals surface area contributed by atoms with Gasteiger partial charge < -0.3 is 15.0 Å². The number of nitrogens with zero attached hydrogens (tertiary/aromatic N) is 1. The molecule has 0 fully saturated rings. The molecule has 2 rings (SSSR count). The van der Waals surface area contributed by atoms with E-state index in [1.54, 1.807) is 18.9 Å². The summed E-state index contributed by atoms with van der Waals surface area (Å²) in [7, 11) is 3.64. The van der Waals surface area contributed by atoms with Gasteiger partial charge in [0.15, 0.2) is 5.16 Å². The molecule has 0 amide bonds. The van der Waals surface area contributed by atoms with Crippen molar-refractivity contribution in [3.8, 4) is 5.75 Å². The minimum Gasteiger partial charge on any atom is -0.497 e. The van der Waals surface area contributed by atoms with Gasteiger partial charge in [-0.05, 0) is 26.1 Å². The van der Waals surface area contributed by atoms with Gasteiger partial charge in [0.05, 0.1) is 18.1 Å². The fraction of sp³-hybridized carbons (Fsp3) is 0.417. The highest BCUT2D eigenvalue weighted by atomic mass is 32.2. The van der Waals surface area contributed by atoms with E-state index in [1.807, 2.05) is 25.2 Å². The third kappa shape index (κ3) is 2.92. The zero-order chi connectivity index (χ0) is 12.3. The summed E-state index contributed by atoms with van der Waals surface area (Å²) in [5, 5.41) is 4.16. The number of ether oxygens (including phenoxy) is 1. The molecule has 0 spiro atoms. The maximum absolute atomic E-state index is 5.18. The number of thioether (sulfide) groups is 1. The van der Waals surface area contributed by atoms with Crippen LogP contribution in [0.25, 0.3) is 11.0 Å². The molecule has 92 valence electrons. The molecule has 0 bridgehead atoms. The fourth-order valence-electron chi connectivity index (χ4n) is 1.45. The smallest absolute Gasteiger partial charge is 0.166 e. The number of rotatable bonds is 5. The first-order chi connectivity index (χ1) is 8.22. The van der Waals surface area contributed by atoms with Crippen LogP contribution < -0.4 is 10.1 Å². The third-order valence-corrected chi connectivity index (χ3v) is 3.76. The first-order valence-electron chi connectivity index (χ1n) is 5.56. The SMILES string of the molecule is CNC(C)CSc1nc2ccc(OC)cc2[nH]1. The van der Waals surface area contributed by atoms with Gasteiger partial charge in [-0.25, -0.2) is 4.98 Å². The minimum atomic E-state index is 0.475. The largest absolute Gasteiger partial charge is 0.497 e. The summed E-state index contributed by atoms with van der Waals surface area (Å²) >= 11 is 1.72. The lowest BCUT2D eigenvalue weighted by molar-refractivity contribution is 0.415. The standard InChI is InChI=1S/C12H17N3OS/c1-8(13-2)7-17-12-14-10-5-4-9(16-3)6-11(10)15-12/h4-6,8,13H,7H2,1-3H3,(H,14,15). The predicted molar refractivity (Wildman–Crippen MR) is 71.9 cm³/mol. The van der Waals surface area contributed by atoms with Crippen molar-refractivity contribution < 1.29 is 4.74 Å². The van der Waals surface area contributed by atoms with E-state index in [1.165, 1.54) is 0 Å². The van der Waals surface area contributed by atoms with Gasteiger partial charge in [-0.1, -0.05) is 11.8 Å². The van der Waals surface area contributed by atoms with E-state index in [4.69, 9.17) is 4.74 Å². The lowest BCUT2D eigenvalue weighted by Crippen LogP contribution is -2.23. The summed E-state index contributed by atoms with van der Waals surface area (Å²) in [6, 6.07) is 6.33. The zero-order valence-electron chi connectivity index (χ0n) is 10.3. The van der Waals surface area contributed by atoms with Crippen LogP contribution in [0.15, 0.2) is 23.4 Å². The van der Waals surface area contributed by atoms with Crippen LogP contribution in [0.2, 0.25) is 0 Å². The summed E-state index contributed by atoms with van der Waals surface area (Å²) in [4.78, 5) is 7.81. The highest BCUT2D eigenvalue weighted by Crippen LogP contribution is 2.23. The molecule has 0 saturated heterocycles. The molecule has 1 unspecified atom stereocenters. The van der Waals surface area contributed by atoms with E-state index in [9.17, 15) is 0 Å². The van der Waals surface area contributed by atoms with Gasteiger partial charge in [0, 0.05) is 17.9 Å². The Bertz CT molecular complexity index is 497. The van der Waals surface area contributed by atoms with Crippen LogP contribution in [0.3, 0.4) is 0 Å². The molecule has 0 aliphatic rings. The van der Waals surface area contributed by atoms with Gasteiger partial charge in [-0.3, -0.25) is 0 Å². The molecule has 1 aromatic heterocycles. The normalized spacial score (nSPS) is 12.9. The summed E-state index contributed by atoms with van der Waals surface area (Å²) in [5.74, 6) is 1.84. The van der Waals surface area contributed by atoms with Crippen molar-refractivity contribution in [1.82, 2.24) is 15.3 Å². The predicted octanol–water partition coefficient (Wildman–Crippen LogP) is 2.27. The fourth-order valence-corrected chi connectivity index (χ4v) is 2.37. The first kappa shape index (κ1) is 12.3. The van der Waals surface area contributed by atoms with Crippen LogP contribution in [0.4, 0.5) is 0 Å². The van der Waals surface area contributed by atoms with Crippen LogP contribution in [0.1, 0.15) is 6.92 Å². The molecule has 2 N–H and O–H groups in total. The molecule has 17 heavy (non-hydrogen) atoms. The molecule has 0 aliphatic heterocycles. The second-order valence-electron chi connectivity index (χ2n) is 3.93. The molecule has 0 radical (unpaired) electrons. The average molecular weight is 251 g/mol. The van der Waals surface area contributed by atoms with Gasteiger partial charge in [0.1, 0.15) is 5.75 Å². The lowest BCUT2D eigenvalue weighted by atomic mass is 10.3. The van der Waals surface area contributed by atoms with Gasteiger partial charge >= 0.3 is 0 Å². The minimum absolute atomic E-state index is 0.475. The second kappa shape index (κ2) is 5.42. The van der Waals surface area contributed by atoms with E-state index in [0.29, 0.717) is 6.04 Å². The number of benzene rings is 1. The molecule has 1 atom stereocenters. The highest BCUT2D eigenvalue weighted by molar-refractivity contribution is 7.99. The molecule has 5 heteroatoms. The van der Waals surface area contributed by atoms with Gasteiger partial charge in [-0.2, -0.15) is 0 Å². The number of hydrogen-bond donors (Lipinski definition) is 2. The molecule has 2 aromatic rings. The van der Waals surface area contributed by atoms with Gasteiger partial charge in [0.25, 0.3) is 0 Å². The van der Waals surface area contributed by atoms with Crippen molar-refractivity contribution in [2.24, 2.45) is 0 Å². The average Bonchev–Trinajstić information content (AvgIpc) is 2.77. The Kier molecular flexibility index (Phi) is 3.91. The Labute approximate surface area is 105 Å². The molecule has 0 saturated carbocycles. The zero-order valence-corrected chi connectivity index (χ0v) is 11.1. The summed E-state index contributed by atoms with van der Waals surface area (Å²) < 4.78 is 5.18. The quantitative estimate of drug-likeness (QED) is 0.800. The summed E-state index contributed by atoms with van der Waals surface area (Å²) in [6.45, 7) is 2.15. The second-order valence-corrected chi connectivity index (χ2v) is 4.93. The highest BCUT2D eigenvalue weighted by Gasteiger charge is 2.06. The van der Waals surface area contributed by atoms with Gasteiger partial charge in [-0.15, -0.1) is 0 Å². The van der Waals surface area contributed by atoms with Crippen molar-refractivity contribution in [3.05, 3.63) is 18.2 Å². The Morgan fingerprint density at radius 2 is 2.35 bits per heavy atom. The molecule has 1 aromatic carbocycles. The number of aromatic amines is 1. The Hall–Kier alpha value is -1.20. The molecular formula is C12H17N3OS. The van der Waals surface area contributed by atoms with Crippen molar-refractivity contribution in [3.63, 3.8) is 0 Å². The van der Waals surface area contributed by atoms with Crippen LogP contribution >= 0.6 is 11.8 Å². The van der Waals surface area contributed by atoms with Crippen molar-refractivity contribution in [1.29, 1.82) is 0 Å². The van der Waals surface area contributed by atoms with Gasteiger partial charge in [0.2, 0.25) is 0 Å². The van der Waals surface area contributed by atoms with Crippen molar-refractivity contribution in [2.75, 3.05) is 19.9 Å². The lowest BCUT2D eigenvalue weighted by Gasteiger charge is -2.06. The van der Waals surface area contributed by atoms with Crippen molar-refractivity contribution in [2.45, 2.75) is 18.1 Å². The molecule has 1 heterocycles. The molecular weight excluding hydrogens is 234 g/mol. The van der Waals surface area contributed by atoms with Crippen LogP contribution in [-0.2, 0) is 0 Å². The van der Waals surface area contributed by atoms with Crippen molar-refractivity contribution >= 4 is 22.8 Å². The number of H-pyrrole nitrogens is 1. The number of fused-ring (bicyclic) bond motifs is 1. The Morgan fingerprint density at radius 1 is 1.53 bits per heavy atom. The molecule has 0 aliphatic carbocycles. The van der Waals surface area contributed by atoms with E-state index < -0.39 is 0 Å².